The molecule has 34 heavy (non-hydrogen) atoms. The SMILES string of the molecule is CC(NC(=O)CN(c1cccc(Cl)c1)S(=O)(=O)c1ccc(Cl)cc1)c1ccc2c(c1)CCCC2. The number of nitrogens with one attached hydrogen (secondary N) is 1. The smallest absolute Gasteiger partial charge is 0.264 e. The number of hydrogen-bond acceptors (Lipinski definition) is 3. The first-order valence-electron chi connectivity index (χ1n) is 11.2. The maximum Gasteiger partial charge on any atom is 0.264 e. The van der Waals surface area contributed by atoms with Crippen LogP contribution in [0.5, 0.6) is 0 Å². The molecule has 0 aromatic heterocycles. The van der Waals surface area contributed by atoms with Gasteiger partial charge in [0.1, 0.15) is 6.54 Å². The van der Waals surface area contributed by atoms with E-state index in [2.05, 4.69) is 17.4 Å². The van der Waals surface area contributed by atoms with Gasteiger partial charge in [-0.2, -0.15) is 0 Å². The maximum absolute atomic E-state index is 13.5. The number of halogens is 2. The lowest BCUT2D eigenvalue weighted by atomic mass is 9.89. The minimum atomic E-state index is -4.04. The number of sulfonamides is 1. The largest absolute Gasteiger partial charge is 0.348 e. The van der Waals surface area contributed by atoms with Gasteiger partial charge >= 0.3 is 0 Å². The second-order valence-electron chi connectivity index (χ2n) is 8.47. The van der Waals surface area contributed by atoms with Gasteiger partial charge in [0.15, 0.2) is 0 Å². The third-order valence-electron chi connectivity index (χ3n) is 6.04. The van der Waals surface area contributed by atoms with Crippen LogP contribution in [0.25, 0.3) is 0 Å². The van der Waals surface area contributed by atoms with Gasteiger partial charge in [0.25, 0.3) is 10.0 Å². The van der Waals surface area contributed by atoms with E-state index in [9.17, 15) is 13.2 Å². The van der Waals surface area contributed by atoms with Crippen molar-refractivity contribution in [1.82, 2.24) is 5.32 Å². The molecule has 1 N–H and O–H groups in total. The van der Waals surface area contributed by atoms with Crippen molar-refractivity contribution < 1.29 is 13.2 Å². The molecule has 1 unspecified atom stereocenters. The van der Waals surface area contributed by atoms with E-state index in [1.165, 1.54) is 54.3 Å². The molecular formula is C26H26Cl2N2O3S. The highest BCUT2D eigenvalue weighted by Crippen LogP contribution is 2.28. The zero-order valence-electron chi connectivity index (χ0n) is 18.8. The molecule has 0 radical (unpaired) electrons. The fourth-order valence-corrected chi connectivity index (χ4v) is 5.93. The Kier molecular flexibility index (Phi) is 7.51. The Morgan fingerprint density at radius 3 is 2.35 bits per heavy atom. The van der Waals surface area contributed by atoms with Crippen molar-refractivity contribution in [2.45, 2.75) is 43.5 Å². The van der Waals surface area contributed by atoms with Crippen molar-refractivity contribution in [2.75, 3.05) is 10.8 Å². The quantitative estimate of drug-likeness (QED) is 0.422. The number of benzene rings is 3. The zero-order chi connectivity index (χ0) is 24.3. The first kappa shape index (κ1) is 24.6. The van der Waals surface area contributed by atoms with Gasteiger partial charge in [-0.25, -0.2) is 8.42 Å². The Balaban J connectivity index is 1.57. The summed E-state index contributed by atoms with van der Waals surface area (Å²) >= 11 is 12.1. The van der Waals surface area contributed by atoms with E-state index < -0.39 is 15.9 Å². The average Bonchev–Trinajstić information content (AvgIpc) is 2.82. The standard InChI is InChI=1S/C26H26Cl2N2O3S/c1-18(20-10-9-19-5-2-3-6-21(19)15-20)29-26(31)17-30(24-8-4-7-23(28)16-24)34(32,33)25-13-11-22(27)12-14-25/h4,7-16,18H,2-3,5-6,17H2,1H3,(H,29,31). The molecule has 1 aliphatic rings. The third kappa shape index (κ3) is 5.57. The summed E-state index contributed by atoms with van der Waals surface area (Å²) in [6, 6.07) is 18.3. The summed E-state index contributed by atoms with van der Waals surface area (Å²) in [5.74, 6) is -0.414. The normalized spacial score (nSPS) is 14.2. The third-order valence-corrected chi connectivity index (χ3v) is 8.31. The van der Waals surface area contributed by atoms with Gasteiger partial charge in [-0.3, -0.25) is 9.10 Å². The highest BCUT2D eigenvalue weighted by atomic mass is 35.5. The lowest BCUT2D eigenvalue weighted by Crippen LogP contribution is -2.41. The second-order valence-corrected chi connectivity index (χ2v) is 11.2. The Morgan fingerprint density at radius 1 is 0.941 bits per heavy atom. The van der Waals surface area contributed by atoms with Crippen molar-refractivity contribution in [2.24, 2.45) is 0 Å². The molecule has 8 heteroatoms. The average molecular weight is 517 g/mol. The molecule has 1 aliphatic carbocycles. The molecule has 0 bridgehead atoms. The van der Waals surface area contributed by atoms with Crippen molar-refractivity contribution >= 4 is 44.8 Å². The topological polar surface area (TPSA) is 66.5 Å². The Bertz CT molecular complexity index is 1290. The van der Waals surface area contributed by atoms with Crippen molar-refractivity contribution in [3.8, 4) is 0 Å². The summed E-state index contributed by atoms with van der Waals surface area (Å²) in [7, 11) is -4.04. The molecule has 0 fully saturated rings. The summed E-state index contributed by atoms with van der Waals surface area (Å²) in [5, 5.41) is 3.74. The van der Waals surface area contributed by atoms with Gasteiger partial charge in [0.05, 0.1) is 16.6 Å². The van der Waals surface area contributed by atoms with Crippen LogP contribution < -0.4 is 9.62 Å². The summed E-state index contributed by atoms with van der Waals surface area (Å²) in [4.78, 5) is 13.1. The van der Waals surface area contributed by atoms with Gasteiger partial charge in [-0.1, -0.05) is 47.5 Å². The molecule has 4 rings (SSSR count). The number of aryl methyl sites for hydroxylation is 2. The second kappa shape index (κ2) is 10.4. The van der Waals surface area contributed by atoms with E-state index in [1.807, 2.05) is 13.0 Å². The zero-order valence-corrected chi connectivity index (χ0v) is 21.1. The number of carbonyl (C=O) groups is 1. The number of carbonyl (C=O) groups excluding carboxylic acids is 1. The summed E-state index contributed by atoms with van der Waals surface area (Å²) in [5.41, 5.74) is 4.01. The molecule has 0 saturated carbocycles. The number of anilines is 1. The van der Waals surface area contributed by atoms with Gasteiger partial charge in [-0.15, -0.1) is 0 Å². The fraction of sp³-hybridized carbons (Fsp3) is 0.269. The molecule has 3 aromatic carbocycles. The van der Waals surface area contributed by atoms with E-state index >= 15 is 0 Å². The lowest BCUT2D eigenvalue weighted by molar-refractivity contribution is -0.120. The van der Waals surface area contributed by atoms with Crippen LogP contribution in [0.15, 0.2) is 71.6 Å². The molecule has 178 valence electrons. The summed E-state index contributed by atoms with van der Waals surface area (Å²) < 4.78 is 28.0. The van der Waals surface area contributed by atoms with Crippen LogP contribution in [0.4, 0.5) is 5.69 Å². The Morgan fingerprint density at radius 2 is 1.65 bits per heavy atom. The van der Waals surface area contributed by atoms with Crippen LogP contribution >= 0.6 is 23.2 Å². The van der Waals surface area contributed by atoms with Crippen LogP contribution in [0.2, 0.25) is 10.0 Å². The lowest BCUT2D eigenvalue weighted by Gasteiger charge is -2.25. The molecule has 1 amide bonds. The van der Waals surface area contributed by atoms with Crippen LogP contribution in [-0.2, 0) is 27.7 Å². The first-order chi connectivity index (χ1) is 16.2. The van der Waals surface area contributed by atoms with E-state index in [0.717, 1.165) is 22.7 Å². The Hall–Kier alpha value is -2.54. The van der Waals surface area contributed by atoms with E-state index in [-0.39, 0.29) is 17.5 Å². The number of hydrogen-bond donors (Lipinski definition) is 1. The number of rotatable bonds is 7. The molecule has 0 heterocycles. The molecule has 0 spiro atoms. The predicted octanol–water partition coefficient (Wildman–Crippen LogP) is 5.94. The maximum atomic E-state index is 13.5. The number of fused-ring (bicyclic) bond motifs is 1. The fourth-order valence-electron chi connectivity index (χ4n) is 4.20. The number of nitrogens with zero attached hydrogens (tertiary/aromatic N) is 1. The van der Waals surface area contributed by atoms with Crippen molar-refractivity contribution in [3.63, 3.8) is 0 Å². The molecule has 0 aliphatic heterocycles. The van der Waals surface area contributed by atoms with E-state index in [1.54, 1.807) is 18.2 Å². The highest BCUT2D eigenvalue weighted by molar-refractivity contribution is 7.92. The molecule has 1 atom stereocenters. The van der Waals surface area contributed by atoms with Crippen molar-refractivity contribution in [3.05, 3.63) is 93.5 Å². The molecule has 0 saturated heterocycles. The van der Waals surface area contributed by atoms with Gasteiger partial charge in [0, 0.05) is 10.0 Å². The first-order valence-corrected chi connectivity index (χ1v) is 13.4. The molecule has 3 aromatic rings. The monoisotopic (exact) mass is 516 g/mol. The van der Waals surface area contributed by atoms with Crippen molar-refractivity contribution in [1.29, 1.82) is 0 Å². The van der Waals surface area contributed by atoms with Crippen LogP contribution in [0.1, 0.15) is 42.5 Å². The minimum Gasteiger partial charge on any atom is -0.348 e. The summed E-state index contributed by atoms with van der Waals surface area (Å²) in [6.07, 6.45) is 4.52. The number of amides is 1. The Labute approximate surface area is 210 Å². The molecule has 5 nitrogen and oxygen atoms in total. The van der Waals surface area contributed by atoms with Crippen LogP contribution in [0.3, 0.4) is 0 Å². The van der Waals surface area contributed by atoms with Gasteiger partial charge in [0.2, 0.25) is 5.91 Å². The highest BCUT2D eigenvalue weighted by Gasteiger charge is 2.28. The minimum absolute atomic E-state index is 0.0346. The molecular weight excluding hydrogens is 491 g/mol. The van der Waals surface area contributed by atoms with E-state index in [4.69, 9.17) is 23.2 Å². The van der Waals surface area contributed by atoms with Crippen LogP contribution in [-0.4, -0.2) is 20.9 Å². The predicted molar refractivity (Wildman–Crippen MR) is 137 cm³/mol. The van der Waals surface area contributed by atoms with E-state index in [0.29, 0.717) is 15.7 Å². The van der Waals surface area contributed by atoms with Gasteiger partial charge in [-0.05, 0) is 91.8 Å². The summed E-state index contributed by atoms with van der Waals surface area (Å²) in [6.45, 7) is 1.51. The van der Waals surface area contributed by atoms with Gasteiger partial charge < -0.3 is 5.32 Å². The van der Waals surface area contributed by atoms with Crippen LogP contribution in [0, 0.1) is 0 Å².